The highest BCUT2D eigenvalue weighted by Crippen LogP contribution is 2.46. The molecule has 0 aliphatic rings. The molecule has 3 nitrogen and oxygen atoms in total. The molecule has 120 valence electrons. The van der Waals surface area contributed by atoms with Crippen molar-refractivity contribution < 1.29 is 23.0 Å². The minimum atomic E-state index is -4.88. The number of benzene rings is 2. The fourth-order valence-electron chi connectivity index (χ4n) is 2.68. The summed E-state index contributed by atoms with van der Waals surface area (Å²) in [6.45, 7) is 0. The van der Waals surface area contributed by atoms with Gasteiger partial charge in [0.25, 0.3) is 0 Å². The lowest BCUT2D eigenvalue weighted by atomic mass is 9.85. The quantitative estimate of drug-likeness (QED) is 0.766. The Bertz CT molecular complexity index is 827. The molecule has 0 bridgehead atoms. The van der Waals surface area contributed by atoms with Gasteiger partial charge in [-0.3, -0.25) is 0 Å². The van der Waals surface area contributed by atoms with E-state index in [9.17, 15) is 18.3 Å². The summed E-state index contributed by atoms with van der Waals surface area (Å²) >= 11 is 0. The molecule has 0 aliphatic carbocycles. The Kier molecular flexibility index (Phi) is 3.56. The van der Waals surface area contributed by atoms with E-state index >= 15 is 0 Å². The van der Waals surface area contributed by atoms with Crippen molar-refractivity contribution in [2.24, 2.45) is 0 Å². The number of fused-ring (bicyclic) bond motifs is 1. The van der Waals surface area contributed by atoms with Crippen molar-refractivity contribution >= 4 is 10.9 Å². The van der Waals surface area contributed by atoms with E-state index in [1.807, 2.05) is 0 Å². The summed E-state index contributed by atoms with van der Waals surface area (Å²) in [5.74, 6) is 0.413. The zero-order valence-electron chi connectivity index (χ0n) is 12.2. The van der Waals surface area contributed by atoms with Gasteiger partial charge in [0.2, 0.25) is 5.60 Å². The fourth-order valence-corrected chi connectivity index (χ4v) is 2.68. The molecule has 1 heterocycles. The van der Waals surface area contributed by atoms with Crippen molar-refractivity contribution in [3.63, 3.8) is 0 Å². The largest absolute Gasteiger partial charge is 0.497 e. The van der Waals surface area contributed by atoms with Crippen LogP contribution in [0.1, 0.15) is 11.1 Å². The standard InChI is InChI=1S/C17H14F3NO2/c1-23-12-7-8-15-13(9-12)14(10-21-15)16(22,17(18,19)20)11-5-3-2-4-6-11/h2-10,21-22H,1H3/t16-/m0/s1. The number of methoxy groups -OCH3 is 1. The van der Waals surface area contributed by atoms with Crippen LogP contribution in [0, 0.1) is 0 Å². The normalized spacial score (nSPS) is 14.7. The van der Waals surface area contributed by atoms with Crippen LogP contribution < -0.4 is 4.74 Å². The SMILES string of the molecule is COc1ccc2[nH]cc([C@@](O)(c3ccccc3)C(F)(F)F)c2c1. The average molecular weight is 321 g/mol. The van der Waals surface area contributed by atoms with E-state index in [-0.39, 0.29) is 16.5 Å². The van der Waals surface area contributed by atoms with E-state index in [0.29, 0.717) is 11.3 Å². The van der Waals surface area contributed by atoms with Gasteiger partial charge in [0.1, 0.15) is 5.75 Å². The Labute approximate surface area is 130 Å². The summed E-state index contributed by atoms with van der Waals surface area (Å²) in [4.78, 5) is 2.77. The van der Waals surface area contributed by atoms with Crippen LogP contribution in [-0.2, 0) is 5.60 Å². The number of aliphatic hydroxyl groups is 1. The predicted octanol–water partition coefficient (Wildman–Crippen LogP) is 3.97. The number of nitrogens with one attached hydrogen (secondary N) is 1. The van der Waals surface area contributed by atoms with Crippen LogP contribution in [0.5, 0.6) is 5.75 Å². The number of aromatic amines is 1. The Morgan fingerprint density at radius 2 is 1.74 bits per heavy atom. The number of hydrogen-bond donors (Lipinski definition) is 2. The zero-order chi connectivity index (χ0) is 16.7. The number of H-pyrrole nitrogens is 1. The minimum Gasteiger partial charge on any atom is -0.497 e. The van der Waals surface area contributed by atoms with E-state index in [0.717, 1.165) is 0 Å². The molecule has 0 spiro atoms. The van der Waals surface area contributed by atoms with Crippen LogP contribution in [0.3, 0.4) is 0 Å². The van der Waals surface area contributed by atoms with Crippen LogP contribution in [-0.4, -0.2) is 23.4 Å². The Morgan fingerprint density at radius 3 is 2.35 bits per heavy atom. The van der Waals surface area contributed by atoms with Crippen LogP contribution in [0.2, 0.25) is 0 Å². The number of halogens is 3. The smallest absolute Gasteiger partial charge is 0.425 e. The molecule has 1 aromatic heterocycles. The van der Waals surface area contributed by atoms with Gasteiger partial charge < -0.3 is 14.8 Å². The molecule has 0 radical (unpaired) electrons. The highest BCUT2D eigenvalue weighted by atomic mass is 19.4. The zero-order valence-corrected chi connectivity index (χ0v) is 12.2. The van der Waals surface area contributed by atoms with Crippen LogP contribution in [0.15, 0.2) is 54.7 Å². The number of hydrogen-bond acceptors (Lipinski definition) is 2. The maximum atomic E-state index is 13.8. The highest BCUT2D eigenvalue weighted by molar-refractivity contribution is 5.86. The van der Waals surface area contributed by atoms with Crippen LogP contribution >= 0.6 is 0 Å². The Balaban J connectivity index is 2.31. The molecule has 0 aliphatic heterocycles. The molecule has 0 saturated heterocycles. The summed E-state index contributed by atoms with van der Waals surface area (Å²) in [5.41, 5.74) is -3.13. The second-order valence-corrected chi connectivity index (χ2v) is 5.19. The first-order chi connectivity index (χ1) is 10.9. The van der Waals surface area contributed by atoms with Crippen molar-refractivity contribution in [1.82, 2.24) is 4.98 Å². The molecule has 0 unspecified atom stereocenters. The van der Waals surface area contributed by atoms with Crippen molar-refractivity contribution in [2.75, 3.05) is 7.11 Å². The molecule has 0 fully saturated rings. The van der Waals surface area contributed by atoms with E-state index in [1.165, 1.54) is 43.6 Å². The summed E-state index contributed by atoms with van der Waals surface area (Å²) in [7, 11) is 1.43. The molecule has 2 N–H and O–H groups in total. The van der Waals surface area contributed by atoms with Gasteiger partial charge in [-0.25, -0.2) is 0 Å². The summed E-state index contributed by atoms with van der Waals surface area (Å²) in [5, 5.41) is 10.9. The molecule has 0 amide bonds. The Hall–Kier alpha value is -2.47. The lowest BCUT2D eigenvalue weighted by molar-refractivity contribution is -0.247. The molecule has 3 rings (SSSR count). The third-order valence-corrected chi connectivity index (χ3v) is 3.88. The van der Waals surface area contributed by atoms with Gasteiger partial charge in [-0.05, 0) is 23.8 Å². The number of alkyl halides is 3. The van der Waals surface area contributed by atoms with Gasteiger partial charge >= 0.3 is 6.18 Å². The maximum absolute atomic E-state index is 13.8. The van der Waals surface area contributed by atoms with Gasteiger partial charge in [-0.15, -0.1) is 0 Å². The molecular formula is C17H14F3NO2. The maximum Gasteiger partial charge on any atom is 0.425 e. The second kappa shape index (κ2) is 5.31. The van der Waals surface area contributed by atoms with E-state index in [4.69, 9.17) is 4.74 Å². The third-order valence-electron chi connectivity index (χ3n) is 3.88. The van der Waals surface area contributed by atoms with Gasteiger partial charge in [0, 0.05) is 22.7 Å². The monoisotopic (exact) mass is 321 g/mol. The number of rotatable bonds is 3. The summed E-state index contributed by atoms with van der Waals surface area (Å²) < 4.78 is 46.4. The molecule has 1 atom stereocenters. The van der Waals surface area contributed by atoms with Gasteiger partial charge in [-0.1, -0.05) is 30.3 Å². The summed E-state index contributed by atoms with van der Waals surface area (Å²) in [6.07, 6.45) is -3.70. The highest BCUT2D eigenvalue weighted by Gasteiger charge is 2.57. The van der Waals surface area contributed by atoms with Gasteiger partial charge in [0.05, 0.1) is 7.11 Å². The van der Waals surface area contributed by atoms with E-state index in [1.54, 1.807) is 18.2 Å². The van der Waals surface area contributed by atoms with Crippen molar-refractivity contribution in [3.8, 4) is 5.75 Å². The molecule has 23 heavy (non-hydrogen) atoms. The average Bonchev–Trinajstić information content (AvgIpc) is 2.97. The van der Waals surface area contributed by atoms with Crippen molar-refractivity contribution in [3.05, 3.63) is 65.9 Å². The predicted molar refractivity (Wildman–Crippen MR) is 80.3 cm³/mol. The van der Waals surface area contributed by atoms with E-state index < -0.39 is 11.8 Å². The lowest BCUT2D eigenvalue weighted by Gasteiger charge is -2.31. The number of aromatic nitrogens is 1. The van der Waals surface area contributed by atoms with E-state index in [2.05, 4.69) is 4.98 Å². The molecular weight excluding hydrogens is 307 g/mol. The van der Waals surface area contributed by atoms with Gasteiger partial charge in [0.15, 0.2) is 0 Å². The molecule has 6 heteroatoms. The first-order valence-electron chi connectivity index (χ1n) is 6.88. The van der Waals surface area contributed by atoms with Gasteiger partial charge in [-0.2, -0.15) is 13.2 Å². The minimum absolute atomic E-state index is 0.240. The van der Waals surface area contributed by atoms with Crippen molar-refractivity contribution in [2.45, 2.75) is 11.8 Å². The molecule has 0 saturated carbocycles. The topological polar surface area (TPSA) is 45.2 Å². The summed E-state index contributed by atoms with van der Waals surface area (Å²) in [6, 6.07) is 11.7. The fraction of sp³-hybridized carbons (Fsp3) is 0.176. The molecule has 3 aromatic rings. The molecule has 2 aromatic carbocycles. The van der Waals surface area contributed by atoms with Crippen LogP contribution in [0.4, 0.5) is 13.2 Å². The first-order valence-corrected chi connectivity index (χ1v) is 6.88. The second-order valence-electron chi connectivity index (χ2n) is 5.19. The van der Waals surface area contributed by atoms with Crippen molar-refractivity contribution in [1.29, 1.82) is 0 Å². The lowest BCUT2D eigenvalue weighted by Crippen LogP contribution is -2.43. The number of ether oxygens (including phenoxy) is 1. The first kappa shape index (κ1) is 15.4. The third kappa shape index (κ3) is 2.35. The van der Waals surface area contributed by atoms with Crippen LogP contribution in [0.25, 0.3) is 10.9 Å². The Morgan fingerprint density at radius 1 is 1.04 bits per heavy atom.